The van der Waals surface area contributed by atoms with Gasteiger partial charge in [-0.25, -0.2) is 0 Å². The summed E-state index contributed by atoms with van der Waals surface area (Å²) in [6.07, 6.45) is 1.39. The van der Waals surface area contributed by atoms with Crippen molar-refractivity contribution in [2.45, 2.75) is 32.7 Å². The molecule has 1 aromatic heterocycles. The molecule has 2 atom stereocenters. The van der Waals surface area contributed by atoms with Gasteiger partial charge in [0.05, 0.1) is 5.92 Å². The lowest BCUT2D eigenvalue weighted by atomic mass is 9.90. The van der Waals surface area contributed by atoms with Crippen LogP contribution in [-0.2, 0) is 4.79 Å². The highest BCUT2D eigenvalue weighted by atomic mass is 79.9. The fourth-order valence-corrected chi connectivity index (χ4v) is 4.08. The van der Waals surface area contributed by atoms with E-state index in [0.717, 1.165) is 16.5 Å². The van der Waals surface area contributed by atoms with Crippen LogP contribution in [0.5, 0.6) is 0 Å². The molecule has 2 heterocycles. The molecular formula is C13H16BrNO3S. The van der Waals surface area contributed by atoms with E-state index in [4.69, 9.17) is 0 Å². The van der Waals surface area contributed by atoms with Gasteiger partial charge in [0.25, 0.3) is 5.91 Å². The lowest BCUT2D eigenvalue weighted by molar-refractivity contribution is -0.144. The van der Waals surface area contributed by atoms with Crippen molar-refractivity contribution in [3.8, 4) is 0 Å². The molecule has 0 aliphatic carbocycles. The van der Waals surface area contributed by atoms with E-state index in [2.05, 4.69) is 15.9 Å². The van der Waals surface area contributed by atoms with Crippen LogP contribution in [0.3, 0.4) is 0 Å². The lowest BCUT2D eigenvalue weighted by Crippen LogP contribution is -2.49. The average molecular weight is 346 g/mol. The number of carboxylic acids is 1. The molecule has 0 unspecified atom stereocenters. The molecule has 0 saturated carbocycles. The second kappa shape index (κ2) is 5.63. The van der Waals surface area contributed by atoms with Crippen molar-refractivity contribution < 1.29 is 14.7 Å². The molecular weight excluding hydrogens is 330 g/mol. The van der Waals surface area contributed by atoms with Gasteiger partial charge in [-0.2, -0.15) is 0 Å². The Kier molecular flexibility index (Phi) is 4.30. The maximum Gasteiger partial charge on any atom is 0.308 e. The monoisotopic (exact) mass is 345 g/mol. The van der Waals surface area contributed by atoms with Crippen LogP contribution in [0.4, 0.5) is 0 Å². The van der Waals surface area contributed by atoms with Gasteiger partial charge < -0.3 is 10.0 Å². The van der Waals surface area contributed by atoms with Gasteiger partial charge in [0.15, 0.2) is 0 Å². The number of hydrogen-bond acceptors (Lipinski definition) is 3. The molecule has 1 aromatic rings. The van der Waals surface area contributed by atoms with E-state index in [1.165, 1.54) is 11.3 Å². The summed E-state index contributed by atoms with van der Waals surface area (Å²) in [5, 5.41) is 11.1. The van der Waals surface area contributed by atoms with E-state index in [-0.39, 0.29) is 11.9 Å². The number of hydrogen-bond donors (Lipinski definition) is 1. The third-order valence-corrected chi connectivity index (χ3v) is 6.03. The number of thiophene rings is 1. The van der Waals surface area contributed by atoms with Gasteiger partial charge in [-0.1, -0.05) is 0 Å². The van der Waals surface area contributed by atoms with Crippen LogP contribution in [0.25, 0.3) is 0 Å². The average Bonchev–Trinajstić information content (AvgIpc) is 2.69. The van der Waals surface area contributed by atoms with Crippen LogP contribution in [0, 0.1) is 12.8 Å². The Morgan fingerprint density at radius 3 is 2.74 bits per heavy atom. The van der Waals surface area contributed by atoms with Crippen LogP contribution in [-0.4, -0.2) is 34.5 Å². The topological polar surface area (TPSA) is 57.6 Å². The number of piperidine rings is 1. The minimum atomic E-state index is -0.813. The number of carboxylic acid groups (broad SMARTS) is 1. The first-order valence-electron chi connectivity index (χ1n) is 6.20. The van der Waals surface area contributed by atoms with E-state index in [1.807, 2.05) is 19.2 Å². The molecule has 6 heteroatoms. The fraction of sp³-hybridized carbons (Fsp3) is 0.538. The van der Waals surface area contributed by atoms with Gasteiger partial charge in [0, 0.05) is 17.1 Å². The smallest absolute Gasteiger partial charge is 0.308 e. The summed E-state index contributed by atoms with van der Waals surface area (Å²) in [6.45, 7) is 4.40. The molecule has 1 amide bonds. The molecule has 1 aliphatic rings. The molecule has 19 heavy (non-hydrogen) atoms. The van der Waals surface area contributed by atoms with Crippen LogP contribution in [0.2, 0.25) is 0 Å². The predicted octanol–water partition coefficient (Wildman–Crippen LogP) is 3.14. The fourth-order valence-electron chi connectivity index (χ4n) is 2.46. The SMILES string of the molecule is Cc1csc(C(=O)N2CCC[C@@H](C(=O)O)[C@H]2C)c1Br. The minimum Gasteiger partial charge on any atom is -0.481 e. The molecule has 1 saturated heterocycles. The maximum atomic E-state index is 12.5. The molecule has 0 radical (unpaired) electrons. The Balaban J connectivity index is 2.23. The van der Waals surface area contributed by atoms with Crippen molar-refractivity contribution >= 4 is 39.1 Å². The summed E-state index contributed by atoms with van der Waals surface area (Å²) < 4.78 is 0.826. The highest BCUT2D eigenvalue weighted by Gasteiger charge is 2.36. The van der Waals surface area contributed by atoms with Crippen molar-refractivity contribution in [3.63, 3.8) is 0 Å². The molecule has 0 spiro atoms. The molecule has 0 bridgehead atoms. The summed E-state index contributed by atoms with van der Waals surface area (Å²) in [6, 6.07) is -0.256. The number of amides is 1. The summed E-state index contributed by atoms with van der Waals surface area (Å²) >= 11 is 4.83. The number of halogens is 1. The second-order valence-electron chi connectivity index (χ2n) is 4.89. The molecule has 1 fully saturated rings. The van der Waals surface area contributed by atoms with Gasteiger partial charge >= 0.3 is 5.97 Å². The van der Waals surface area contributed by atoms with Crippen molar-refractivity contribution in [2.75, 3.05) is 6.54 Å². The third kappa shape index (κ3) is 2.69. The number of nitrogens with zero attached hydrogens (tertiary/aromatic N) is 1. The minimum absolute atomic E-state index is 0.0663. The molecule has 2 rings (SSSR count). The number of aliphatic carboxylic acids is 1. The highest BCUT2D eigenvalue weighted by molar-refractivity contribution is 9.10. The van der Waals surface area contributed by atoms with E-state index in [9.17, 15) is 14.7 Å². The molecule has 4 nitrogen and oxygen atoms in total. The van der Waals surface area contributed by atoms with Crippen molar-refractivity contribution in [2.24, 2.45) is 5.92 Å². The van der Waals surface area contributed by atoms with E-state index in [1.54, 1.807) is 4.90 Å². The van der Waals surface area contributed by atoms with Gasteiger partial charge in [-0.15, -0.1) is 11.3 Å². The lowest BCUT2D eigenvalue weighted by Gasteiger charge is -2.37. The number of carbonyl (C=O) groups is 2. The normalized spacial score (nSPS) is 23.4. The van der Waals surface area contributed by atoms with Crippen LogP contribution in [0.15, 0.2) is 9.85 Å². The maximum absolute atomic E-state index is 12.5. The van der Waals surface area contributed by atoms with Crippen LogP contribution >= 0.6 is 27.3 Å². The number of rotatable bonds is 2. The molecule has 1 N–H and O–H groups in total. The Morgan fingerprint density at radius 1 is 1.53 bits per heavy atom. The van der Waals surface area contributed by atoms with Crippen molar-refractivity contribution in [1.82, 2.24) is 4.90 Å². The summed E-state index contributed by atoms with van der Waals surface area (Å²) in [5.41, 5.74) is 1.03. The first-order chi connectivity index (χ1) is 8.93. The van der Waals surface area contributed by atoms with E-state index >= 15 is 0 Å². The third-order valence-electron chi connectivity index (χ3n) is 3.66. The van der Waals surface area contributed by atoms with E-state index < -0.39 is 11.9 Å². The van der Waals surface area contributed by atoms with E-state index in [0.29, 0.717) is 17.8 Å². The largest absolute Gasteiger partial charge is 0.481 e. The van der Waals surface area contributed by atoms with Gasteiger partial charge in [-0.3, -0.25) is 9.59 Å². The first-order valence-corrected chi connectivity index (χ1v) is 7.88. The molecule has 104 valence electrons. The van der Waals surface area contributed by atoms with Gasteiger partial charge in [-0.05, 0) is 53.6 Å². The quantitative estimate of drug-likeness (QED) is 0.895. The first kappa shape index (κ1) is 14.5. The zero-order chi connectivity index (χ0) is 14.2. The van der Waals surface area contributed by atoms with Crippen LogP contribution < -0.4 is 0 Å². The summed E-state index contributed by atoms with van der Waals surface area (Å²) in [4.78, 5) is 26.1. The Labute approximate surface area is 124 Å². The number of aryl methyl sites for hydroxylation is 1. The zero-order valence-electron chi connectivity index (χ0n) is 10.9. The highest BCUT2D eigenvalue weighted by Crippen LogP contribution is 2.32. The molecule has 0 aromatic carbocycles. The zero-order valence-corrected chi connectivity index (χ0v) is 13.3. The Bertz CT molecular complexity index is 514. The van der Waals surface area contributed by atoms with Crippen molar-refractivity contribution in [3.05, 3.63) is 20.3 Å². The summed E-state index contributed by atoms with van der Waals surface area (Å²) in [7, 11) is 0. The van der Waals surface area contributed by atoms with Crippen LogP contribution in [0.1, 0.15) is 35.0 Å². The Morgan fingerprint density at radius 2 is 2.21 bits per heavy atom. The van der Waals surface area contributed by atoms with Gasteiger partial charge in [0.1, 0.15) is 4.88 Å². The molecule has 1 aliphatic heterocycles. The standard InChI is InChI=1S/C13H16BrNO3S/c1-7-6-19-11(10(7)14)12(16)15-5-3-4-9(8(15)2)13(17)18/h6,8-9H,3-5H2,1-2H3,(H,17,18)/t8-,9-/m1/s1. The number of carbonyl (C=O) groups excluding carboxylic acids is 1. The van der Waals surface area contributed by atoms with Gasteiger partial charge in [0.2, 0.25) is 0 Å². The predicted molar refractivity (Wildman–Crippen MR) is 77.6 cm³/mol. The van der Waals surface area contributed by atoms with Crippen molar-refractivity contribution in [1.29, 1.82) is 0 Å². The number of likely N-dealkylation sites (tertiary alicyclic amines) is 1. The Hall–Kier alpha value is -0.880. The summed E-state index contributed by atoms with van der Waals surface area (Å²) in [5.74, 6) is -1.34. The second-order valence-corrected chi connectivity index (χ2v) is 6.56.